The molecule has 1 aliphatic rings. The van der Waals surface area contributed by atoms with Gasteiger partial charge in [-0.1, -0.05) is 43.3 Å². The molecular weight excluding hydrogens is 540 g/mol. The van der Waals surface area contributed by atoms with Crippen LogP contribution < -0.4 is 25.0 Å². The standard InChI is InChI=1S/C35H46N4O4/c1-5-20-42-33-18-13-29(21-26(33)2)24-39(32-8-6-7-19-37-35(32)41)34(40)25-43-31-16-11-28(12-17-31)23-36-22-27-9-14-30(15-10-27)38(3)4/h9-18,21,32,36H,5-8,19-20,22-25H2,1-4H3,(H,37,41). The Hall–Kier alpha value is -4.04. The van der Waals surface area contributed by atoms with Crippen molar-refractivity contribution < 1.29 is 19.1 Å². The van der Waals surface area contributed by atoms with Crippen molar-refractivity contribution in [1.82, 2.24) is 15.5 Å². The highest BCUT2D eigenvalue weighted by Gasteiger charge is 2.31. The van der Waals surface area contributed by atoms with Crippen LogP contribution in [-0.2, 0) is 29.2 Å². The van der Waals surface area contributed by atoms with Crippen LogP contribution in [0, 0.1) is 6.92 Å². The minimum absolute atomic E-state index is 0.101. The van der Waals surface area contributed by atoms with E-state index in [1.54, 1.807) is 4.90 Å². The Bertz CT molecular complexity index is 1320. The van der Waals surface area contributed by atoms with Crippen LogP contribution in [0.4, 0.5) is 5.69 Å². The van der Waals surface area contributed by atoms with E-state index in [4.69, 9.17) is 9.47 Å². The predicted octanol–water partition coefficient (Wildman–Crippen LogP) is 5.22. The molecule has 230 valence electrons. The van der Waals surface area contributed by atoms with E-state index in [9.17, 15) is 9.59 Å². The number of nitrogens with one attached hydrogen (secondary N) is 2. The number of nitrogens with zero attached hydrogens (tertiary/aromatic N) is 2. The van der Waals surface area contributed by atoms with Gasteiger partial charge in [0.1, 0.15) is 17.5 Å². The molecule has 3 aromatic carbocycles. The van der Waals surface area contributed by atoms with Crippen molar-refractivity contribution in [2.24, 2.45) is 0 Å². The van der Waals surface area contributed by atoms with Gasteiger partial charge in [-0.25, -0.2) is 0 Å². The number of rotatable bonds is 14. The fourth-order valence-corrected chi connectivity index (χ4v) is 5.17. The van der Waals surface area contributed by atoms with Gasteiger partial charge in [0.15, 0.2) is 6.61 Å². The molecule has 2 amide bonds. The molecule has 0 aromatic heterocycles. The summed E-state index contributed by atoms with van der Waals surface area (Å²) in [6.45, 7) is 7.07. The number of hydrogen-bond donors (Lipinski definition) is 2. The lowest BCUT2D eigenvalue weighted by atomic mass is 10.1. The monoisotopic (exact) mass is 586 g/mol. The van der Waals surface area contributed by atoms with Gasteiger partial charge in [0.25, 0.3) is 5.91 Å². The van der Waals surface area contributed by atoms with Crippen LogP contribution in [0.25, 0.3) is 0 Å². The number of amides is 2. The second kappa shape index (κ2) is 16.0. The highest BCUT2D eigenvalue weighted by Crippen LogP contribution is 2.23. The lowest BCUT2D eigenvalue weighted by Gasteiger charge is -2.30. The molecule has 0 bridgehead atoms. The van der Waals surface area contributed by atoms with Gasteiger partial charge in [-0.2, -0.15) is 0 Å². The summed E-state index contributed by atoms with van der Waals surface area (Å²) >= 11 is 0. The van der Waals surface area contributed by atoms with Crippen LogP contribution in [-0.4, -0.2) is 56.6 Å². The normalized spacial score (nSPS) is 14.9. The van der Waals surface area contributed by atoms with Gasteiger partial charge in [-0.15, -0.1) is 0 Å². The average molecular weight is 587 g/mol. The minimum atomic E-state index is -0.526. The number of carbonyl (C=O) groups excluding carboxylic acids is 2. The summed E-state index contributed by atoms with van der Waals surface area (Å²) in [6, 6.07) is 21.7. The first kappa shape index (κ1) is 31.9. The van der Waals surface area contributed by atoms with E-state index in [2.05, 4.69) is 46.7 Å². The van der Waals surface area contributed by atoms with E-state index in [0.717, 1.165) is 54.8 Å². The minimum Gasteiger partial charge on any atom is -0.493 e. The number of aryl methyl sites for hydroxylation is 1. The molecule has 1 aliphatic heterocycles. The zero-order chi connectivity index (χ0) is 30.6. The van der Waals surface area contributed by atoms with Crippen molar-refractivity contribution in [3.05, 3.63) is 89.0 Å². The summed E-state index contributed by atoms with van der Waals surface area (Å²) in [6.07, 6.45) is 3.36. The Labute approximate surface area is 256 Å². The van der Waals surface area contributed by atoms with Crippen molar-refractivity contribution in [2.75, 3.05) is 38.8 Å². The van der Waals surface area contributed by atoms with E-state index in [0.29, 0.717) is 31.9 Å². The molecule has 0 saturated carbocycles. The fourth-order valence-electron chi connectivity index (χ4n) is 5.17. The van der Waals surface area contributed by atoms with Gasteiger partial charge in [0.05, 0.1) is 6.61 Å². The van der Waals surface area contributed by atoms with Crippen LogP contribution in [0.3, 0.4) is 0 Å². The first-order chi connectivity index (χ1) is 20.8. The zero-order valence-electron chi connectivity index (χ0n) is 26.0. The summed E-state index contributed by atoms with van der Waals surface area (Å²) < 4.78 is 11.7. The Morgan fingerprint density at radius 1 is 0.930 bits per heavy atom. The predicted molar refractivity (Wildman–Crippen MR) is 171 cm³/mol. The summed E-state index contributed by atoms with van der Waals surface area (Å²) in [5.41, 5.74) is 5.50. The molecule has 8 heteroatoms. The van der Waals surface area contributed by atoms with Crippen molar-refractivity contribution in [2.45, 2.75) is 65.2 Å². The summed E-state index contributed by atoms with van der Waals surface area (Å²) in [7, 11) is 4.07. The third-order valence-electron chi connectivity index (χ3n) is 7.65. The Morgan fingerprint density at radius 2 is 1.60 bits per heavy atom. The lowest BCUT2D eigenvalue weighted by Crippen LogP contribution is -2.49. The number of anilines is 1. The molecule has 0 aliphatic carbocycles. The number of hydrogen-bond acceptors (Lipinski definition) is 6. The second-order valence-corrected chi connectivity index (χ2v) is 11.4. The van der Waals surface area contributed by atoms with Gasteiger partial charge >= 0.3 is 0 Å². The molecule has 4 rings (SSSR count). The van der Waals surface area contributed by atoms with Crippen molar-refractivity contribution in [1.29, 1.82) is 0 Å². The van der Waals surface area contributed by atoms with Gasteiger partial charge in [0, 0.05) is 46.0 Å². The molecule has 1 saturated heterocycles. The second-order valence-electron chi connectivity index (χ2n) is 11.4. The Morgan fingerprint density at radius 3 is 2.26 bits per heavy atom. The van der Waals surface area contributed by atoms with Gasteiger partial charge in [0.2, 0.25) is 5.91 Å². The summed E-state index contributed by atoms with van der Waals surface area (Å²) in [4.78, 5) is 30.3. The highest BCUT2D eigenvalue weighted by atomic mass is 16.5. The summed E-state index contributed by atoms with van der Waals surface area (Å²) in [5, 5.41) is 6.45. The van der Waals surface area contributed by atoms with Crippen molar-refractivity contribution in [3.8, 4) is 11.5 Å². The lowest BCUT2D eigenvalue weighted by molar-refractivity contribution is -0.142. The maximum atomic E-state index is 13.6. The molecule has 1 atom stereocenters. The summed E-state index contributed by atoms with van der Waals surface area (Å²) in [5.74, 6) is 1.15. The number of benzene rings is 3. The molecule has 1 fully saturated rings. The molecule has 8 nitrogen and oxygen atoms in total. The zero-order valence-corrected chi connectivity index (χ0v) is 26.0. The van der Waals surface area contributed by atoms with Crippen molar-refractivity contribution >= 4 is 17.5 Å². The molecule has 3 aromatic rings. The average Bonchev–Trinajstić information content (AvgIpc) is 3.23. The van der Waals surface area contributed by atoms with E-state index in [1.807, 2.05) is 63.5 Å². The molecule has 1 heterocycles. The van der Waals surface area contributed by atoms with Crippen molar-refractivity contribution in [3.63, 3.8) is 0 Å². The van der Waals surface area contributed by atoms with Gasteiger partial charge < -0.3 is 29.9 Å². The van der Waals surface area contributed by atoms with E-state index >= 15 is 0 Å². The van der Waals surface area contributed by atoms with Crippen LogP contribution in [0.1, 0.15) is 54.9 Å². The Kier molecular flexibility index (Phi) is 11.9. The first-order valence-corrected chi connectivity index (χ1v) is 15.3. The molecule has 43 heavy (non-hydrogen) atoms. The molecule has 2 N–H and O–H groups in total. The third kappa shape index (κ3) is 9.48. The molecule has 0 radical (unpaired) electrons. The molecule has 0 spiro atoms. The number of carbonyl (C=O) groups is 2. The van der Waals surface area contributed by atoms with Crippen LogP contribution >= 0.6 is 0 Å². The smallest absolute Gasteiger partial charge is 0.261 e. The van der Waals surface area contributed by atoms with Crippen LogP contribution in [0.15, 0.2) is 66.7 Å². The maximum absolute atomic E-state index is 13.6. The first-order valence-electron chi connectivity index (χ1n) is 15.3. The van der Waals surface area contributed by atoms with Gasteiger partial charge in [-0.05, 0) is 85.2 Å². The van der Waals surface area contributed by atoms with E-state index < -0.39 is 6.04 Å². The highest BCUT2D eigenvalue weighted by molar-refractivity contribution is 5.88. The third-order valence-corrected chi connectivity index (χ3v) is 7.65. The molecule has 1 unspecified atom stereocenters. The van der Waals surface area contributed by atoms with Crippen LogP contribution in [0.2, 0.25) is 0 Å². The molecular formula is C35H46N4O4. The SMILES string of the molecule is CCCOc1ccc(CN(C(=O)COc2ccc(CNCc3ccc(N(C)C)cc3)cc2)C2CCCCNC2=O)cc1C. The van der Waals surface area contributed by atoms with E-state index in [1.165, 1.54) is 11.3 Å². The van der Waals surface area contributed by atoms with Crippen LogP contribution in [0.5, 0.6) is 11.5 Å². The maximum Gasteiger partial charge on any atom is 0.261 e. The topological polar surface area (TPSA) is 83.1 Å². The number of ether oxygens (including phenoxy) is 2. The Balaban J connectivity index is 1.34. The fraction of sp³-hybridized carbons (Fsp3) is 0.429. The van der Waals surface area contributed by atoms with Gasteiger partial charge in [-0.3, -0.25) is 9.59 Å². The quantitative estimate of drug-likeness (QED) is 0.270. The largest absolute Gasteiger partial charge is 0.493 e. The van der Waals surface area contributed by atoms with E-state index in [-0.39, 0.29) is 18.4 Å².